The van der Waals surface area contributed by atoms with Crippen LogP contribution in [0.1, 0.15) is 52.6 Å². The Morgan fingerprint density at radius 3 is 2.57 bits per heavy atom. The SMILES string of the molecule is COC(=O)C(Br)Cc1cc2onc(CCc3sc4cc(C(F)(F)F)ccc4c3C(C)C)c2cc1C. The van der Waals surface area contributed by atoms with Crippen LogP contribution in [0.5, 0.6) is 0 Å². The summed E-state index contributed by atoms with van der Waals surface area (Å²) < 4.78 is 50.7. The molecule has 2 heterocycles. The van der Waals surface area contributed by atoms with Gasteiger partial charge in [-0.1, -0.05) is 41.0 Å². The smallest absolute Gasteiger partial charge is 0.416 e. The van der Waals surface area contributed by atoms with E-state index in [0.717, 1.165) is 44.1 Å². The number of carbonyl (C=O) groups excluding carboxylic acids is 1. The first kappa shape index (κ1) is 25.7. The van der Waals surface area contributed by atoms with Crippen molar-refractivity contribution in [3.8, 4) is 0 Å². The lowest BCUT2D eigenvalue weighted by Crippen LogP contribution is -2.18. The van der Waals surface area contributed by atoms with Gasteiger partial charge in [-0.25, -0.2) is 0 Å². The molecule has 9 heteroatoms. The predicted molar refractivity (Wildman–Crippen MR) is 136 cm³/mol. The van der Waals surface area contributed by atoms with Gasteiger partial charge in [0.05, 0.1) is 18.4 Å². The molecule has 0 N–H and O–H groups in total. The van der Waals surface area contributed by atoms with Crippen molar-refractivity contribution < 1.29 is 27.2 Å². The molecule has 35 heavy (non-hydrogen) atoms. The van der Waals surface area contributed by atoms with E-state index in [-0.39, 0.29) is 11.9 Å². The topological polar surface area (TPSA) is 52.3 Å². The number of ether oxygens (including phenoxy) is 1. The van der Waals surface area contributed by atoms with Crippen molar-refractivity contribution in [3.05, 3.63) is 63.2 Å². The lowest BCUT2D eigenvalue weighted by Gasteiger charge is -2.10. The van der Waals surface area contributed by atoms with Crippen molar-refractivity contribution in [1.82, 2.24) is 5.16 Å². The number of carbonyl (C=O) groups is 1. The fourth-order valence-corrected chi connectivity index (χ4v) is 6.32. The maximum Gasteiger partial charge on any atom is 0.416 e. The van der Waals surface area contributed by atoms with Gasteiger partial charge in [0.1, 0.15) is 4.83 Å². The summed E-state index contributed by atoms with van der Waals surface area (Å²) in [6, 6.07) is 7.91. The third-order valence-electron chi connectivity index (χ3n) is 6.16. The molecule has 0 bridgehead atoms. The van der Waals surface area contributed by atoms with E-state index in [1.165, 1.54) is 24.5 Å². The zero-order valence-electron chi connectivity index (χ0n) is 19.8. The highest BCUT2D eigenvalue weighted by Gasteiger charge is 2.31. The number of rotatable bonds is 7. The molecule has 0 saturated heterocycles. The summed E-state index contributed by atoms with van der Waals surface area (Å²) in [6.07, 6.45) is -2.64. The summed E-state index contributed by atoms with van der Waals surface area (Å²) in [7, 11) is 1.35. The Morgan fingerprint density at radius 2 is 1.91 bits per heavy atom. The third-order valence-corrected chi connectivity index (χ3v) is 8.08. The molecular weight excluding hydrogens is 543 g/mol. The summed E-state index contributed by atoms with van der Waals surface area (Å²) in [5, 5.41) is 6.06. The van der Waals surface area contributed by atoms with Crippen LogP contribution in [-0.4, -0.2) is 23.1 Å². The first-order valence-electron chi connectivity index (χ1n) is 11.2. The van der Waals surface area contributed by atoms with Gasteiger partial charge < -0.3 is 9.26 Å². The minimum atomic E-state index is -4.36. The number of methoxy groups -OCH3 is 1. The van der Waals surface area contributed by atoms with Gasteiger partial charge in [-0.15, -0.1) is 11.3 Å². The maximum absolute atomic E-state index is 13.2. The van der Waals surface area contributed by atoms with Gasteiger partial charge >= 0.3 is 12.1 Å². The van der Waals surface area contributed by atoms with E-state index in [1.54, 1.807) is 6.07 Å². The molecule has 0 spiro atoms. The average Bonchev–Trinajstić information content (AvgIpc) is 3.36. The van der Waals surface area contributed by atoms with E-state index in [0.29, 0.717) is 29.5 Å². The summed E-state index contributed by atoms with van der Waals surface area (Å²) in [5.41, 5.74) is 3.89. The standard InChI is InChI=1S/C26H25BrF3NO3S/c1-13(2)24-17-6-5-16(26(28,29)30)12-23(17)35-22(24)8-7-20-18-9-14(3)15(11-21(18)34-31-20)10-19(27)25(32)33-4/h5-6,9,11-13,19H,7-8,10H2,1-4H3. The zero-order chi connectivity index (χ0) is 25.5. The lowest BCUT2D eigenvalue weighted by atomic mass is 9.96. The second-order valence-electron chi connectivity index (χ2n) is 8.90. The minimum Gasteiger partial charge on any atom is -0.468 e. The van der Waals surface area contributed by atoms with E-state index in [9.17, 15) is 18.0 Å². The Morgan fingerprint density at radius 1 is 1.17 bits per heavy atom. The lowest BCUT2D eigenvalue weighted by molar-refractivity contribution is -0.140. The first-order valence-corrected chi connectivity index (χ1v) is 12.9. The maximum atomic E-state index is 13.2. The van der Waals surface area contributed by atoms with Crippen LogP contribution in [0.25, 0.3) is 21.1 Å². The van der Waals surface area contributed by atoms with Crippen molar-refractivity contribution >= 4 is 54.3 Å². The molecule has 0 saturated carbocycles. The summed E-state index contributed by atoms with van der Waals surface area (Å²) >= 11 is 4.78. The molecular formula is C26H25BrF3NO3S. The molecule has 0 aliphatic rings. The van der Waals surface area contributed by atoms with E-state index in [1.807, 2.05) is 19.1 Å². The van der Waals surface area contributed by atoms with Gasteiger partial charge in [-0.05, 0) is 78.4 Å². The molecule has 0 aliphatic heterocycles. The molecule has 186 valence electrons. The Balaban J connectivity index is 1.61. The predicted octanol–water partition coefficient (Wildman–Crippen LogP) is 7.76. The Bertz CT molecular complexity index is 1390. The van der Waals surface area contributed by atoms with E-state index in [4.69, 9.17) is 9.26 Å². The number of aryl methyl sites for hydroxylation is 3. The largest absolute Gasteiger partial charge is 0.468 e. The summed E-state index contributed by atoms with van der Waals surface area (Å²) in [4.78, 5) is 12.4. The summed E-state index contributed by atoms with van der Waals surface area (Å²) in [5.74, 6) is -0.157. The van der Waals surface area contributed by atoms with Gasteiger partial charge in [0.15, 0.2) is 5.58 Å². The molecule has 4 nitrogen and oxygen atoms in total. The van der Waals surface area contributed by atoms with Crippen LogP contribution in [0.3, 0.4) is 0 Å². The van der Waals surface area contributed by atoms with Gasteiger partial charge in [0, 0.05) is 15.0 Å². The average molecular weight is 568 g/mol. The molecule has 2 aromatic heterocycles. The minimum absolute atomic E-state index is 0.182. The van der Waals surface area contributed by atoms with E-state index in [2.05, 4.69) is 34.9 Å². The molecule has 0 radical (unpaired) electrons. The number of fused-ring (bicyclic) bond motifs is 2. The molecule has 0 aliphatic carbocycles. The zero-order valence-corrected chi connectivity index (χ0v) is 22.2. The van der Waals surface area contributed by atoms with Crippen LogP contribution in [0.2, 0.25) is 0 Å². The number of halogens is 4. The van der Waals surface area contributed by atoms with Crippen molar-refractivity contribution in [2.24, 2.45) is 0 Å². The summed E-state index contributed by atoms with van der Waals surface area (Å²) in [6.45, 7) is 6.10. The molecule has 0 amide bonds. The number of hydrogen-bond acceptors (Lipinski definition) is 5. The fourth-order valence-electron chi connectivity index (χ4n) is 4.38. The Labute approximate surface area is 213 Å². The number of alkyl halides is 4. The second kappa shape index (κ2) is 9.93. The monoisotopic (exact) mass is 567 g/mol. The number of aromatic nitrogens is 1. The van der Waals surface area contributed by atoms with Crippen LogP contribution >= 0.6 is 27.3 Å². The highest BCUT2D eigenvalue weighted by Crippen LogP contribution is 2.40. The highest BCUT2D eigenvalue weighted by molar-refractivity contribution is 9.10. The van der Waals surface area contributed by atoms with Gasteiger partial charge in [0.2, 0.25) is 0 Å². The van der Waals surface area contributed by atoms with Crippen LogP contribution in [0.15, 0.2) is 34.9 Å². The number of nitrogens with zero attached hydrogens (tertiary/aromatic N) is 1. The molecule has 2 aromatic carbocycles. The number of benzene rings is 2. The third kappa shape index (κ3) is 5.26. The number of esters is 1. The van der Waals surface area contributed by atoms with Gasteiger partial charge in [0.25, 0.3) is 0 Å². The molecule has 4 aromatic rings. The van der Waals surface area contributed by atoms with Crippen molar-refractivity contribution in [2.75, 3.05) is 7.11 Å². The molecule has 1 unspecified atom stereocenters. The van der Waals surface area contributed by atoms with Crippen LogP contribution < -0.4 is 0 Å². The van der Waals surface area contributed by atoms with E-state index < -0.39 is 16.6 Å². The van der Waals surface area contributed by atoms with Crippen molar-refractivity contribution in [2.45, 2.75) is 57.0 Å². The normalized spacial score (nSPS) is 13.2. The van der Waals surface area contributed by atoms with Crippen molar-refractivity contribution in [3.63, 3.8) is 0 Å². The van der Waals surface area contributed by atoms with Crippen LogP contribution in [0, 0.1) is 6.92 Å². The fraction of sp³-hybridized carbons (Fsp3) is 0.385. The van der Waals surface area contributed by atoms with Gasteiger partial charge in [-0.2, -0.15) is 13.2 Å². The molecule has 1 atom stereocenters. The molecule has 0 fully saturated rings. The molecule has 4 rings (SSSR count). The second-order valence-corrected chi connectivity index (χ2v) is 11.1. The first-order chi connectivity index (χ1) is 16.5. The van der Waals surface area contributed by atoms with Crippen LogP contribution in [-0.2, 0) is 35.0 Å². The van der Waals surface area contributed by atoms with Crippen molar-refractivity contribution in [1.29, 1.82) is 0 Å². The van der Waals surface area contributed by atoms with E-state index >= 15 is 0 Å². The highest BCUT2D eigenvalue weighted by atomic mass is 79.9. The van der Waals surface area contributed by atoms with Gasteiger partial charge in [-0.3, -0.25) is 4.79 Å². The number of hydrogen-bond donors (Lipinski definition) is 0. The quantitative estimate of drug-likeness (QED) is 0.169. The Kier molecular flexibility index (Phi) is 7.29. The number of thiophene rings is 1. The van der Waals surface area contributed by atoms with Crippen LogP contribution in [0.4, 0.5) is 13.2 Å². The Hall–Kier alpha value is -2.39.